The molecule has 3 rings (SSSR count). The molecule has 1 fully saturated rings. The lowest BCUT2D eigenvalue weighted by Gasteiger charge is -2.27. The summed E-state index contributed by atoms with van der Waals surface area (Å²) in [4.78, 5) is 11.6. The van der Waals surface area contributed by atoms with E-state index in [9.17, 15) is 4.79 Å². The van der Waals surface area contributed by atoms with Crippen LogP contribution in [0.4, 0.5) is 5.82 Å². The Kier molecular flexibility index (Phi) is 2.95. The summed E-state index contributed by atoms with van der Waals surface area (Å²) in [5.41, 5.74) is 3.05. The highest BCUT2D eigenvalue weighted by Crippen LogP contribution is 2.17. The second kappa shape index (κ2) is 4.75. The second-order valence-corrected chi connectivity index (χ2v) is 4.16. The number of rotatable bonds is 2. The van der Waals surface area contributed by atoms with E-state index in [1.807, 2.05) is 23.2 Å². The van der Waals surface area contributed by atoms with Crippen LogP contribution in [-0.2, 0) is 4.74 Å². The van der Waals surface area contributed by atoms with E-state index in [4.69, 9.17) is 4.74 Å². The number of anilines is 1. The zero-order chi connectivity index (χ0) is 12.4. The lowest BCUT2D eigenvalue weighted by atomic mass is 10.2. The Morgan fingerprint density at radius 3 is 2.72 bits per heavy atom. The summed E-state index contributed by atoms with van der Waals surface area (Å²) in [5.74, 6) is 0.673. The van der Waals surface area contributed by atoms with Crippen molar-refractivity contribution in [2.24, 2.45) is 0 Å². The molecule has 0 spiro atoms. The maximum Gasteiger partial charge on any atom is 0.272 e. The van der Waals surface area contributed by atoms with Crippen LogP contribution >= 0.6 is 0 Å². The largest absolute Gasteiger partial charge is 0.379 e. The first-order chi connectivity index (χ1) is 8.84. The molecule has 0 radical (unpaired) electrons. The van der Waals surface area contributed by atoms with Gasteiger partial charge in [0.25, 0.3) is 5.56 Å². The number of ether oxygens (including phenoxy) is 1. The van der Waals surface area contributed by atoms with E-state index in [0.29, 0.717) is 24.4 Å². The van der Waals surface area contributed by atoms with Gasteiger partial charge in [-0.05, 0) is 6.07 Å². The number of hydrogen-bond acceptors (Lipinski definition) is 5. The van der Waals surface area contributed by atoms with Gasteiger partial charge in [-0.1, -0.05) is 18.2 Å². The molecule has 6 heteroatoms. The molecule has 6 nitrogen and oxygen atoms in total. The molecule has 0 bridgehead atoms. The molecule has 1 aliphatic rings. The summed E-state index contributed by atoms with van der Waals surface area (Å²) in [6, 6.07) is 7.42. The molecule has 1 aromatic heterocycles. The van der Waals surface area contributed by atoms with Crippen LogP contribution in [0.2, 0.25) is 0 Å². The molecular weight excluding hydrogens is 232 g/mol. The first-order valence-corrected chi connectivity index (χ1v) is 5.91. The quantitative estimate of drug-likeness (QED) is 0.811. The van der Waals surface area contributed by atoms with Gasteiger partial charge in [0.2, 0.25) is 0 Å². The Hall–Kier alpha value is -1.92. The van der Waals surface area contributed by atoms with Gasteiger partial charge in [0.1, 0.15) is 0 Å². The number of benzene rings is 1. The van der Waals surface area contributed by atoms with E-state index in [1.54, 1.807) is 6.07 Å². The first-order valence-electron chi connectivity index (χ1n) is 5.91. The average molecular weight is 246 g/mol. The van der Waals surface area contributed by atoms with Crippen molar-refractivity contribution in [1.82, 2.24) is 15.2 Å². The average Bonchev–Trinajstić information content (AvgIpc) is 2.44. The molecule has 0 amide bonds. The van der Waals surface area contributed by atoms with Gasteiger partial charge in [0.15, 0.2) is 5.82 Å². The molecule has 2 aromatic rings. The lowest BCUT2D eigenvalue weighted by molar-refractivity contribution is 0.0495. The fourth-order valence-electron chi connectivity index (χ4n) is 2.02. The van der Waals surface area contributed by atoms with Crippen molar-refractivity contribution < 1.29 is 4.74 Å². The molecule has 1 aliphatic heterocycles. The Bertz CT molecular complexity index is 604. The van der Waals surface area contributed by atoms with Crippen molar-refractivity contribution in [2.75, 3.05) is 31.7 Å². The number of hydrazine groups is 1. The zero-order valence-electron chi connectivity index (χ0n) is 9.85. The number of H-pyrrole nitrogens is 1. The van der Waals surface area contributed by atoms with Gasteiger partial charge >= 0.3 is 0 Å². The van der Waals surface area contributed by atoms with Gasteiger partial charge in [0, 0.05) is 18.5 Å². The second-order valence-electron chi connectivity index (χ2n) is 4.16. The maximum atomic E-state index is 11.6. The molecule has 1 aromatic carbocycles. The third kappa shape index (κ3) is 2.07. The number of nitrogens with zero attached hydrogens (tertiary/aromatic N) is 2. The molecule has 18 heavy (non-hydrogen) atoms. The van der Waals surface area contributed by atoms with Gasteiger partial charge in [0.05, 0.1) is 18.6 Å². The number of morpholine rings is 1. The highest BCUT2D eigenvalue weighted by atomic mass is 16.5. The maximum absolute atomic E-state index is 11.6. The Morgan fingerprint density at radius 2 is 1.94 bits per heavy atom. The van der Waals surface area contributed by atoms with Crippen molar-refractivity contribution in [3.05, 3.63) is 34.6 Å². The molecule has 1 saturated heterocycles. The lowest BCUT2D eigenvalue weighted by Crippen LogP contribution is -2.40. The van der Waals surface area contributed by atoms with Crippen molar-refractivity contribution in [1.29, 1.82) is 0 Å². The summed E-state index contributed by atoms with van der Waals surface area (Å²) in [5, 5.41) is 10.1. The predicted molar refractivity (Wildman–Crippen MR) is 68.4 cm³/mol. The summed E-state index contributed by atoms with van der Waals surface area (Å²) >= 11 is 0. The van der Waals surface area contributed by atoms with Gasteiger partial charge in [-0.3, -0.25) is 4.79 Å². The van der Waals surface area contributed by atoms with E-state index in [1.165, 1.54) is 0 Å². The van der Waals surface area contributed by atoms with Crippen LogP contribution in [0.5, 0.6) is 0 Å². The Balaban J connectivity index is 1.96. The van der Waals surface area contributed by atoms with Crippen LogP contribution in [-0.4, -0.2) is 41.5 Å². The SMILES string of the molecule is O=c1[nH]nc(NN2CCOCC2)c2ccccc12. The Morgan fingerprint density at radius 1 is 1.22 bits per heavy atom. The van der Waals surface area contributed by atoms with E-state index < -0.39 is 0 Å². The van der Waals surface area contributed by atoms with Crippen molar-refractivity contribution in [2.45, 2.75) is 0 Å². The molecule has 0 unspecified atom stereocenters. The van der Waals surface area contributed by atoms with E-state index in [2.05, 4.69) is 15.6 Å². The molecular formula is C12H14N4O2. The zero-order valence-corrected chi connectivity index (χ0v) is 9.85. The molecule has 0 aliphatic carbocycles. The van der Waals surface area contributed by atoms with Gasteiger partial charge in [-0.15, -0.1) is 0 Å². The fourth-order valence-corrected chi connectivity index (χ4v) is 2.02. The topological polar surface area (TPSA) is 70.2 Å². The van der Waals surface area contributed by atoms with Crippen molar-refractivity contribution >= 4 is 16.6 Å². The number of fused-ring (bicyclic) bond motifs is 1. The van der Waals surface area contributed by atoms with Crippen LogP contribution in [0.15, 0.2) is 29.1 Å². The van der Waals surface area contributed by atoms with E-state index in [-0.39, 0.29) is 5.56 Å². The van der Waals surface area contributed by atoms with Gasteiger partial charge in [-0.2, -0.15) is 5.10 Å². The van der Waals surface area contributed by atoms with Crippen LogP contribution in [0.1, 0.15) is 0 Å². The van der Waals surface area contributed by atoms with Gasteiger partial charge < -0.3 is 10.2 Å². The molecule has 2 heterocycles. The number of aromatic amines is 1. The third-order valence-corrected chi connectivity index (χ3v) is 2.97. The normalized spacial score (nSPS) is 16.9. The number of aromatic nitrogens is 2. The first kappa shape index (κ1) is 11.2. The molecule has 94 valence electrons. The fraction of sp³-hybridized carbons (Fsp3) is 0.333. The summed E-state index contributed by atoms with van der Waals surface area (Å²) in [7, 11) is 0. The standard InChI is InChI=1S/C12H14N4O2/c17-12-10-4-2-1-3-9(10)11(13-14-12)15-16-5-7-18-8-6-16/h1-4H,5-8H2,(H,13,15)(H,14,17). The van der Waals surface area contributed by atoms with Crippen molar-refractivity contribution in [3.8, 4) is 0 Å². The predicted octanol–water partition coefficient (Wildman–Crippen LogP) is 0.582. The third-order valence-electron chi connectivity index (χ3n) is 2.97. The summed E-state index contributed by atoms with van der Waals surface area (Å²) in [6.07, 6.45) is 0. The number of nitrogens with one attached hydrogen (secondary N) is 2. The van der Waals surface area contributed by atoms with Crippen LogP contribution < -0.4 is 11.0 Å². The summed E-state index contributed by atoms with van der Waals surface area (Å²) < 4.78 is 5.28. The van der Waals surface area contributed by atoms with Gasteiger partial charge in [-0.25, -0.2) is 10.1 Å². The molecule has 0 saturated carbocycles. The van der Waals surface area contributed by atoms with E-state index >= 15 is 0 Å². The summed E-state index contributed by atoms with van der Waals surface area (Å²) in [6.45, 7) is 3.01. The monoisotopic (exact) mass is 246 g/mol. The Labute approximate surface area is 104 Å². The minimum absolute atomic E-state index is 0.168. The smallest absolute Gasteiger partial charge is 0.272 e. The van der Waals surface area contributed by atoms with Crippen molar-refractivity contribution in [3.63, 3.8) is 0 Å². The van der Waals surface area contributed by atoms with Crippen LogP contribution in [0, 0.1) is 0 Å². The van der Waals surface area contributed by atoms with Crippen LogP contribution in [0.25, 0.3) is 10.8 Å². The van der Waals surface area contributed by atoms with Crippen LogP contribution in [0.3, 0.4) is 0 Å². The minimum atomic E-state index is -0.168. The highest BCUT2D eigenvalue weighted by molar-refractivity contribution is 5.90. The molecule has 0 atom stereocenters. The highest BCUT2D eigenvalue weighted by Gasteiger charge is 2.12. The molecule has 2 N–H and O–H groups in total. The number of hydrogen-bond donors (Lipinski definition) is 2. The minimum Gasteiger partial charge on any atom is -0.379 e. The van der Waals surface area contributed by atoms with E-state index in [0.717, 1.165) is 18.5 Å².